The quantitative estimate of drug-likeness (QED) is 0.877. The summed E-state index contributed by atoms with van der Waals surface area (Å²) < 4.78 is 0. The summed E-state index contributed by atoms with van der Waals surface area (Å²) in [5.41, 5.74) is 1.97. The van der Waals surface area contributed by atoms with Crippen LogP contribution in [0.2, 0.25) is 5.02 Å². The SMILES string of the molecule is Cc1ccc(NC(=O)CSC2=NC3N=NC=C3C(=O)N2)cc1Cl. The Labute approximate surface area is 141 Å². The van der Waals surface area contributed by atoms with E-state index in [1.54, 1.807) is 12.1 Å². The Balaban J connectivity index is 1.57. The lowest BCUT2D eigenvalue weighted by Crippen LogP contribution is -2.38. The highest BCUT2D eigenvalue weighted by Gasteiger charge is 2.29. The van der Waals surface area contributed by atoms with E-state index in [2.05, 4.69) is 25.9 Å². The number of carbonyl (C=O) groups is 2. The van der Waals surface area contributed by atoms with Crippen LogP contribution in [0.4, 0.5) is 5.69 Å². The summed E-state index contributed by atoms with van der Waals surface area (Å²) in [5.74, 6) is -0.405. The third-order valence-corrected chi connectivity index (χ3v) is 4.46. The molecule has 3 rings (SSSR count). The number of anilines is 1. The van der Waals surface area contributed by atoms with E-state index in [-0.39, 0.29) is 17.6 Å². The molecule has 0 aromatic heterocycles. The van der Waals surface area contributed by atoms with Crippen molar-refractivity contribution >= 4 is 46.0 Å². The van der Waals surface area contributed by atoms with Gasteiger partial charge in [0, 0.05) is 10.7 Å². The number of azo groups is 1. The number of benzene rings is 1. The largest absolute Gasteiger partial charge is 0.325 e. The van der Waals surface area contributed by atoms with Crippen molar-refractivity contribution in [2.24, 2.45) is 15.2 Å². The number of fused-ring (bicyclic) bond motifs is 1. The Morgan fingerprint density at radius 3 is 3.09 bits per heavy atom. The van der Waals surface area contributed by atoms with E-state index in [0.29, 0.717) is 21.5 Å². The van der Waals surface area contributed by atoms with Crippen molar-refractivity contribution in [2.75, 3.05) is 11.1 Å². The van der Waals surface area contributed by atoms with E-state index in [1.165, 1.54) is 6.20 Å². The molecule has 23 heavy (non-hydrogen) atoms. The summed E-state index contributed by atoms with van der Waals surface area (Å²) in [4.78, 5) is 28.0. The van der Waals surface area contributed by atoms with Crippen LogP contribution in [-0.4, -0.2) is 28.9 Å². The minimum Gasteiger partial charge on any atom is -0.325 e. The van der Waals surface area contributed by atoms with Crippen molar-refractivity contribution < 1.29 is 9.59 Å². The molecule has 2 amide bonds. The molecular weight excluding hydrogens is 338 g/mol. The Bertz CT molecular complexity index is 774. The number of amides is 2. The lowest BCUT2D eigenvalue weighted by molar-refractivity contribution is -0.116. The Kier molecular flexibility index (Phi) is 4.44. The maximum atomic E-state index is 12.0. The second-order valence-corrected chi connectivity index (χ2v) is 6.25. The Morgan fingerprint density at radius 2 is 2.30 bits per heavy atom. The third kappa shape index (κ3) is 3.59. The number of halogens is 1. The predicted octanol–water partition coefficient (Wildman–Crippen LogP) is 2.48. The lowest BCUT2D eigenvalue weighted by Gasteiger charge is -2.16. The van der Waals surface area contributed by atoms with Gasteiger partial charge in [-0.15, -0.1) is 0 Å². The molecule has 2 N–H and O–H groups in total. The number of amidine groups is 1. The lowest BCUT2D eigenvalue weighted by atomic mass is 10.2. The van der Waals surface area contributed by atoms with Crippen molar-refractivity contribution in [1.82, 2.24) is 5.32 Å². The van der Waals surface area contributed by atoms with Crippen LogP contribution in [0.15, 0.2) is 45.2 Å². The van der Waals surface area contributed by atoms with Gasteiger partial charge < -0.3 is 10.6 Å². The summed E-state index contributed by atoms with van der Waals surface area (Å²) in [6, 6.07) is 5.30. The summed E-state index contributed by atoms with van der Waals surface area (Å²) in [6.45, 7) is 1.89. The maximum absolute atomic E-state index is 12.0. The number of nitrogens with one attached hydrogen (secondary N) is 2. The zero-order valence-electron chi connectivity index (χ0n) is 12.0. The number of aryl methyl sites for hydroxylation is 1. The fraction of sp³-hybridized carbons (Fsp3) is 0.214. The summed E-state index contributed by atoms with van der Waals surface area (Å²) in [6.07, 6.45) is 0.795. The van der Waals surface area contributed by atoms with E-state index in [1.807, 2.05) is 13.0 Å². The van der Waals surface area contributed by atoms with Crippen molar-refractivity contribution in [3.8, 4) is 0 Å². The molecule has 0 fully saturated rings. The Morgan fingerprint density at radius 1 is 1.48 bits per heavy atom. The molecule has 0 bridgehead atoms. The number of carbonyl (C=O) groups excluding carboxylic acids is 2. The van der Waals surface area contributed by atoms with E-state index in [0.717, 1.165) is 17.3 Å². The highest BCUT2D eigenvalue weighted by atomic mass is 35.5. The number of thioether (sulfide) groups is 1. The van der Waals surface area contributed by atoms with Crippen LogP contribution in [-0.2, 0) is 9.59 Å². The molecule has 0 aliphatic carbocycles. The molecule has 0 radical (unpaired) electrons. The smallest absolute Gasteiger partial charge is 0.258 e. The van der Waals surface area contributed by atoms with Gasteiger partial charge in [0.2, 0.25) is 5.91 Å². The summed E-state index contributed by atoms with van der Waals surface area (Å²) in [7, 11) is 0. The van der Waals surface area contributed by atoms with Crippen LogP contribution in [0.3, 0.4) is 0 Å². The number of nitrogens with zero attached hydrogens (tertiary/aromatic N) is 3. The molecule has 7 nitrogen and oxygen atoms in total. The number of aliphatic imine (C=N–C) groups is 1. The fourth-order valence-electron chi connectivity index (χ4n) is 1.95. The second kappa shape index (κ2) is 6.51. The van der Waals surface area contributed by atoms with Crippen LogP contribution >= 0.6 is 23.4 Å². The van der Waals surface area contributed by atoms with Gasteiger partial charge in [0.25, 0.3) is 5.91 Å². The molecule has 2 heterocycles. The highest BCUT2D eigenvalue weighted by molar-refractivity contribution is 8.14. The molecule has 1 unspecified atom stereocenters. The van der Waals surface area contributed by atoms with Gasteiger partial charge in [0.15, 0.2) is 11.3 Å². The first-order valence-electron chi connectivity index (χ1n) is 6.71. The first-order valence-corrected chi connectivity index (χ1v) is 8.07. The van der Waals surface area contributed by atoms with E-state index in [4.69, 9.17) is 11.6 Å². The zero-order valence-corrected chi connectivity index (χ0v) is 13.6. The van der Waals surface area contributed by atoms with Crippen molar-refractivity contribution in [3.05, 3.63) is 40.6 Å². The van der Waals surface area contributed by atoms with Crippen molar-refractivity contribution in [3.63, 3.8) is 0 Å². The van der Waals surface area contributed by atoms with Crippen LogP contribution in [0.25, 0.3) is 0 Å². The standard InChI is InChI=1S/C14H12ClN5O2S/c1-7-2-3-8(4-10(7)15)17-11(21)6-23-14-18-12-9(5-16-20-12)13(22)19-14/h2-5,12H,6H2,1H3,(H,17,21)(H,18,19,22). The molecule has 2 aliphatic heterocycles. The zero-order chi connectivity index (χ0) is 16.4. The average molecular weight is 350 g/mol. The van der Waals surface area contributed by atoms with Gasteiger partial charge >= 0.3 is 0 Å². The molecule has 9 heteroatoms. The Hall–Kier alpha value is -2.19. The van der Waals surface area contributed by atoms with E-state index < -0.39 is 6.17 Å². The minimum absolute atomic E-state index is 0.105. The molecule has 1 aromatic carbocycles. The van der Waals surface area contributed by atoms with Crippen LogP contribution in [0.5, 0.6) is 0 Å². The molecule has 118 valence electrons. The molecule has 2 aliphatic rings. The fourth-order valence-corrected chi connectivity index (χ4v) is 2.81. The van der Waals surface area contributed by atoms with E-state index in [9.17, 15) is 9.59 Å². The topological polar surface area (TPSA) is 95.3 Å². The molecule has 0 saturated carbocycles. The third-order valence-electron chi connectivity index (χ3n) is 3.17. The van der Waals surface area contributed by atoms with Gasteiger partial charge in [-0.2, -0.15) is 10.2 Å². The van der Waals surface area contributed by atoms with Crippen LogP contribution < -0.4 is 10.6 Å². The van der Waals surface area contributed by atoms with Crippen molar-refractivity contribution in [1.29, 1.82) is 0 Å². The van der Waals surface area contributed by atoms with Crippen LogP contribution in [0, 0.1) is 6.92 Å². The van der Waals surface area contributed by atoms with Crippen LogP contribution in [0.1, 0.15) is 5.56 Å². The first-order chi connectivity index (χ1) is 11.0. The first kappa shape index (κ1) is 15.7. The predicted molar refractivity (Wildman–Crippen MR) is 89.6 cm³/mol. The molecular formula is C14H12ClN5O2S. The molecule has 1 aromatic rings. The highest BCUT2D eigenvalue weighted by Crippen LogP contribution is 2.23. The number of hydrogen-bond acceptors (Lipinski definition) is 6. The number of rotatable bonds is 3. The van der Waals surface area contributed by atoms with Gasteiger partial charge in [-0.1, -0.05) is 29.4 Å². The monoisotopic (exact) mass is 349 g/mol. The normalized spacial score (nSPS) is 18.9. The summed E-state index contributed by atoms with van der Waals surface area (Å²) >= 11 is 7.14. The molecule has 0 saturated heterocycles. The maximum Gasteiger partial charge on any atom is 0.258 e. The van der Waals surface area contributed by atoms with Gasteiger partial charge in [0.1, 0.15) is 0 Å². The molecule has 0 spiro atoms. The van der Waals surface area contributed by atoms with E-state index >= 15 is 0 Å². The minimum atomic E-state index is -0.592. The second-order valence-electron chi connectivity index (χ2n) is 4.88. The number of hydrogen-bond donors (Lipinski definition) is 2. The van der Waals surface area contributed by atoms with Gasteiger partial charge in [-0.05, 0) is 24.6 Å². The van der Waals surface area contributed by atoms with Crippen molar-refractivity contribution in [2.45, 2.75) is 13.1 Å². The van der Waals surface area contributed by atoms with Gasteiger partial charge in [-0.3, -0.25) is 9.59 Å². The van der Waals surface area contributed by atoms with Gasteiger partial charge in [0.05, 0.1) is 17.5 Å². The summed E-state index contributed by atoms with van der Waals surface area (Å²) in [5, 5.41) is 13.8. The molecule has 1 atom stereocenters. The average Bonchev–Trinajstić information content (AvgIpc) is 2.98. The van der Waals surface area contributed by atoms with Gasteiger partial charge in [-0.25, -0.2) is 4.99 Å².